The zero-order valence-corrected chi connectivity index (χ0v) is 14.2. The number of benzene rings is 1. The smallest absolute Gasteiger partial charge is 0.222 e. The van der Waals surface area contributed by atoms with Crippen molar-refractivity contribution in [3.63, 3.8) is 0 Å². The summed E-state index contributed by atoms with van der Waals surface area (Å²) in [7, 11) is 0. The predicted octanol–water partition coefficient (Wildman–Crippen LogP) is 3.83. The number of carbonyl (C=O) groups excluding carboxylic acids is 1. The van der Waals surface area contributed by atoms with Gasteiger partial charge in [-0.1, -0.05) is 18.2 Å². The van der Waals surface area contributed by atoms with Gasteiger partial charge in [-0.25, -0.2) is 0 Å². The number of rotatable bonds is 4. The molecule has 0 saturated carbocycles. The van der Waals surface area contributed by atoms with Crippen LogP contribution in [0.5, 0.6) is 0 Å². The Morgan fingerprint density at radius 2 is 2.04 bits per heavy atom. The van der Waals surface area contributed by atoms with Gasteiger partial charge < -0.3 is 14.6 Å². The third kappa shape index (κ3) is 3.34. The third-order valence-corrected chi connectivity index (χ3v) is 5.54. The van der Waals surface area contributed by atoms with E-state index in [9.17, 15) is 4.79 Å². The van der Waals surface area contributed by atoms with Crippen LogP contribution < -0.4 is 0 Å². The van der Waals surface area contributed by atoms with Crippen molar-refractivity contribution in [3.05, 3.63) is 36.0 Å². The molecule has 24 heavy (non-hydrogen) atoms. The third-order valence-electron chi connectivity index (χ3n) is 5.54. The maximum absolute atomic E-state index is 12.4. The van der Waals surface area contributed by atoms with Crippen molar-refractivity contribution < 1.29 is 9.53 Å². The van der Waals surface area contributed by atoms with Crippen molar-refractivity contribution >= 4 is 16.8 Å². The zero-order valence-electron chi connectivity index (χ0n) is 14.2. The van der Waals surface area contributed by atoms with Gasteiger partial charge in [0.1, 0.15) is 0 Å². The van der Waals surface area contributed by atoms with Crippen LogP contribution in [0.4, 0.5) is 0 Å². The summed E-state index contributed by atoms with van der Waals surface area (Å²) in [5.41, 5.74) is 2.53. The fourth-order valence-electron chi connectivity index (χ4n) is 4.07. The number of aromatic nitrogens is 1. The maximum Gasteiger partial charge on any atom is 0.222 e. The number of nitrogens with zero attached hydrogens (tertiary/aromatic N) is 1. The minimum atomic E-state index is 0.306. The van der Waals surface area contributed by atoms with Gasteiger partial charge in [0.2, 0.25) is 5.91 Å². The summed E-state index contributed by atoms with van der Waals surface area (Å²) in [6.07, 6.45) is 6.22. The van der Waals surface area contributed by atoms with Crippen molar-refractivity contribution in [2.45, 2.75) is 50.5 Å². The summed E-state index contributed by atoms with van der Waals surface area (Å²) in [5, 5.41) is 1.28. The number of likely N-dealkylation sites (tertiary alicyclic amines) is 1. The van der Waals surface area contributed by atoms with E-state index < -0.39 is 0 Å². The molecule has 0 bridgehead atoms. The molecule has 1 aromatic heterocycles. The number of H-pyrrole nitrogens is 1. The second-order valence-corrected chi connectivity index (χ2v) is 7.14. The molecule has 0 radical (unpaired) electrons. The van der Waals surface area contributed by atoms with Crippen LogP contribution in [0.3, 0.4) is 0 Å². The molecule has 2 fully saturated rings. The van der Waals surface area contributed by atoms with Crippen LogP contribution in [-0.4, -0.2) is 41.6 Å². The van der Waals surface area contributed by atoms with Crippen molar-refractivity contribution in [1.29, 1.82) is 0 Å². The van der Waals surface area contributed by atoms with Crippen LogP contribution in [0.1, 0.15) is 50.1 Å². The van der Waals surface area contributed by atoms with E-state index in [1.165, 1.54) is 16.6 Å². The Bertz CT molecular complexity index is 661. The molecule has 128 valence electrons. The Kier molecular flexibility index (Phi) is 4.56. The van der Waals surface area contributed by atoms with Crippen LogP contribution in [-0.2, 0) is 9.53 Å². The van der Waals surface area contributed by atoms with Gasteiger partial charge in [0.25, 0.3) is 0 Å². The predicted molar refractivity (Wildman–Crippen MR) is 95.1 cm³/mol. The number of fused-ring (bicyclic) bond motifs is 1. The van der Waals surface area contributed by atoms with Crippen molar-refractivity contribution in [1.82, 2.24) is 9.88 Å². The van der Waals surface area contributed by atoms with Crippen LogP contribution in [0.15, 0.2) is 30.3 Å². The number of nitrogens with one attached hydrogen (secondary N) is 1. The van der Waals surface area contributed by atoms with E-state index in [1.54, 1.807) is 0 Å². The minimum absolute atomic E-state index is 0.306. The standard InChI is InChI=1S/C20H26N2O2/c23-20(8-7-17-5-3-13-24-17)22-11-9-15(10-12-22)19-14-16-4-1-2-6-18(16)21-19/h1-2,4,6,14-15,17,21H,3,5,7-13H2/t17-/m1/s1. The van der Waals surface area contributed by atoms with E-state index in [0.717, 1.165) is 51.8 Å². The number of piperidine rings is 1. The highest BCUT2D eigenvalue weighted by Gasteiger charge is 2.25. The molecule has 3 heterocycles. The van der Waals surface area contributed by atoms with Crippen molar-refractivity contribution in [3.8, 4) is 0 Å². The van der Waals surface area contributed by atoms with Gasteiger partial charge in [-0.3, -0.25) is 4.79 Å². The fourth-order valence-corrected chi connectivity index (χ4v) is 4.07. The first-order valence-electron chi connectivity index (χ1n) is 9.26. The van der Waals surface area contributed by atoms with E-state index in [0.29, 0.717) is 24.3 Å². The van der Waals surface area contributed by atoms with Crippen LogP contribution >= 0.6 is 0 Å². The monoisotopic (exact) mass is 326 g/mol. The Hall–Kier alpha value is -1.81. The molecule has 1 amide bonds. The summed E-state index contributed by atoms with van der Waals surface area (Å²) in [5.74, 6) is 0.847. The Labute approximate surface area is 143 Å². The lowest BCUT2D eigenvalue weighted by Crippen LogP contribution is -2.38. The molecule has 1 aromatic carbocycles. The van der Waals surface area contributed by atoms with Gasteiger partial charge in [-0.05, 0) is 49.6 Å². The molecule has 2 saturated heterocycles. The highest BCUT2D eigenvalue weighted by molar-refractivity contribution is 5.80. The average Bonchev–Trinajstić information content (AvgIpc) is 3.29. The summed E-state index contributed by atoms with van der Waals surface area (Å²) < 4.78 is 5.62. The number of aromatic amines is 1. The Morgan fingerprint density at radius 3 is 2.79 bits per heavy atom. The molecule has 0 aliphatic carbocycles. The molecule has 4 heteroatoms. The van der Waals surface area contributed by atoms with E-state index in [2.05, 4.69) is 35.3 Å². The van der Waals surface area contributed by atoms with Crippen LogP contribution in [0.25, 0.3) is 10.9 Å². The first-order valence-corrected chi connectivity index (χ1v) is 9.26. The summed E-state index contributed by atoms with van der Waals surface area (Å²) >= 11 is 0. The Morgan fingerprint density at radius 1 is 1.21 bits per heavy atom. The molecule has 1 atom stereocenters. The normalized spacial score (nSPS) is 22.3. The SMILES string of the molecule is O=C(CC[C@H]1CCCO1)N1CCC(c2cc3ccccc3[nH]2)CC1. The number of hydrogen-bond donors (Lipinski definition) is 1. The van der Waals surface area contributed by atoms with Crippen LogP contribution in [0, 0.1) is 0 Å². The van der Waals surface area contributed by atoms with Gasteiger partial charge in [0, 0.05) is 43.2 Å². The van der Waals surface area contributed by atoms with Gasteiger partial charge in [0.05, 0.1) is 6.10 Å². The van der Waals surface area contributed by atoms with Crippen LogP contribution in [0.2, 0.25) is 0 Å². The minimum Gasteiger partial charge on any atom is -0.378 e. The topological polar surface area (TPSA) is 45.3 Å². The van der Waals surface area contributed by atoms with E-state index in [-0.39, 0.29) is 0 Å². The quantitative estimate of drug-likeness (QED) is 0.928. The zero-order chi connectivity index (χ0) is 16.4. The van der Waals surface area contributed by atoms with Gasteiger partial charge in [0.15, 0.2) is 0 Å². The lowest BCUT2D eigenvalue weighted by molar-refractivity contribution is -0.132. The molecular weight excluding hydrogens is 300 g/mol. The first-order chi connectivity index (χ1) is 11.8. The molecule has 4 rings (SSSR count). The Balaban J connectivity index is 1.30. The van der Waals surface area contributed by atoms with Crippen molar-refractivity contribution in [2.75, 3.05) is 19.7 Å². The molecule has 2 aliphatic heterocycles. The molecule has 0 unspecified atom stereocenters. The summed E-state index contributed by atoms with van der Waals surface area (Å²) in [6, 6.07) is 10.7. The van der Waals surface area contributed by atoms with Gasteiger partial charge in [-0.2, -0.15) is 0 Å². The first kappa shape index (κ1) is 15.7. The second-order valence-electron chi connectivity index (χ2n) is 7.14. The van der Waals surface area contributed by atoms with E-state index >= 15 is 0 Å². The van der Waals surface area contributed by atoms with Crippen molar-refractivity contribution in [2.24, 2.45) is 0 Å². The van der Waals surface area contributed by atoms with Gasteiger partial charge >= 0.3 is 0 Å². The molecule has 0 spiro atoms. The number of ether oxygens (including phenoxy) is 1. The second kappa shape index (κ2) is 6.98. The highest BCUT2D eigenvalue weighted by Crippen LogP contribution is 2.30. The number of hydrogen-bond acceptors (Lipinski definition) is 2. The number of carbonyl (C=O) groups is 1. The van der Waals surface area contributed by atoms with Gasteiger partial charge in [-0.15, -0.1) is 0 Å². The average molecular weight is 326 g/mol. The molecule has 1 N–H and O–H groups in total. The largest absolute Gasteiger partial charge is 0.378 e. The maximum atomic E-state index is 12.4. The molecular formula is C20H26N2O2. The van der Waals surface area contributed by atoms with E-state index in [1.807, 2.05) is 4.90 Å². The molecule has 2 aromatic rings. The molecule has 2 aliphatic rings. The lowest BCUT2D eigenvalue weighted by atomic mass is 9.93. The highest BCUT2D eigenvalue weighted by atomic mass is 16.5. The summed E-state index contributed by atoms with van der Waals surface area (Å²) in [6.45, 7) is 2.63. The fraction of sp³-hybridized carbons (Fsp3) is 0.550. The number of amides is 1. The van der Waals surface area contributed by atoms with E-state index in [4.69, 9.17) is 4.74 Å². The summed E-state index contributed by atoms with van der Waals surface area (Å²) in [4.78, 5) is 18.0. The number of para-hydroxylation sites is 1. The molecule has 4 nitrogen and oxygen atoms in total. The lowest BCUT2D eigenvalue weighted by Gasteiger charge is -2.32.